The van der Waals surface area contributed by atoms with E-state index in [2.05, 4.69) is 49.3 Å². The summed E-state index contributed by atoms with van der Waals surface area (Å²) in [7, 11) is 4.31. The van der Waals surface area contributed by atoms with Crippen molar-refractivity contribution in [1.82, 2.24) is 4.90 Å². The Hall–Kier alpha value is -1.80. The maximum atomic E-state index is 9.76. The molecular formula is C20H25NO. The van der Waals surface area contributed by atoms with E-state index in [0.29, 0.717) is 5.75 Å². The highest BCUT2D eigenvalue weighted by Gasteiger charge is 2.35. The largest absolute Gasteiger partial charge is 0.508 e. The Morgan fingerprint density at radius 1 is 1.05 bits per heavy atom. The molecule has 0 aromatic heterocycles. The lowest BCUT2D eigenvalue weighted by Crippen LogP contribution is -2.40. The predicted molar refractivity (Wildman–Crippen MR) is 91.3 cm³/mol. The molecule has 1 aliphatic carbocycles. The monoisotopic (exact) mass is 295 g/mol. The van der Waals surface area contributed by atoms with Crippen LogP contribution >= 0.6 is 0 Å². The molecule has 2 heteroatoms. The van der Waals surface area contributed by atoms with Gasteiger partial charge in [-0.05, 0) is 74.0 Å². The molecule has 2 nitrogen and oxygen atoms in total. The molecule has 0 aliphatic heterocycles. The number of rotatable bonds is 4. The first-order valence-corrected chi connectivity index (χ1v) is 8.06. The van der Waals surface area contributed by atoms with Crippen LogP contribution in [0.15, 0.2) is 48.5 Å². The number of hydrogen-bond donors (Lipinski definition) is 1. The lowest BCUT2D eigenvalue weighted by atomic mass is 9.68. The van der Waals surface area contributed by atoms with Crippen LogP contribution in [0.2, 0.25) is 0 Å². The van der Waals surface area contributed by atoms with Gasteiger partial charge in [0.1, 0.15) is 5.75 Å². The minimum absolute atomic E-state index is 0.256. The average molecular weight is 295 g/mol. The minimum Gasteiger partial charge on any atom is -0.508 e. The van der Waals surface area contributed by atoms with Gasteiger partial charge in [-0.1, -0.05) is 36.4 Å². The van der Waals surface area contributed by atoms with Gasteiger partial charge in [0.15, 0.2) is 0 Å². The van der Waals surface area contributed by atoms with Crippen molar-refractivity contribution in [2.45, 2.75) is 25.7 Å². The smallest absolute Gasteiger partial charge is 0.115 e. The zero-order valence-electron chi connectivity index (χ0n) is 13.5. The van der Waals surface area contributed by atoms with Crippen molar-refractivity contribution in [1.29, 1.82) is 0 Å². The molecule has 0 saturated heterocycles. The van der Waals surface area contributed by atoms with Gasteiger partial charge >= 0.3 is 0 Å². The standard InChI is InChI=1S/C20H25NO/c1-21(2)15-20(13-16-6-5-9-19(22)12-16)11-10-17-7-3-4-8-18(17)14-20/h3-9,12,22H,10-11,13-15H2,1-2H3. The SMILES string of the molecule is CN(C)CC1(Cc2cccc(O)c2)CCc2ccccc2C1. The van der Waals surface area contributed by atoms with Gasteiger partial charge < -0.3 is 10.0 Å². The van der Waals surface area contributed by atoms with Crippen LogP contribution in [0.25, 0.3) is 0 Å². The number of fused-ring (bicyclic) bond motifs is 1. The van der Waals surface area contributed by atoms with Crippen molar-refractivity contribution in [3.05, 3.63) is 65.2 Å². The fraction of sp³-hybridized carbons (Fsp3) is 0.400. The first-order chi connectivity index (χ1) is 10.6. The highest BCUT2D eigenvalue weighted by atomic mass is 16.3. The number of phenols is 1. The molecule has 116 valence electrons. The van der Waals surface area contributed by atoms with Crippen LogP contribution in [-0.2, 0) is 19.3 Å². The van der Waals surface area contributed by atoms with E-state index < -0.39 is 0 Å². The van der Waals surface area contributed by atoms with E-state index in [1.807, 2.05) is 12.1 Å². The minimum atomic E-state index is 0.256. The molecule has 1 atom stereocenters. The maximum Gasteiger partial charge on any atom is 0.115 e. The average Bonchev–Trinajstić information content (AvgIpc) is 2.46. The summed E-state index contributed by atoms with van der Waals surface area (Å²) in [4.78, 5) is 2.30. The molecule has 0 radical (unpaired) electrons. The highest BCUT2D eigenvalue weighted by Crippen LogP contribution is 2.39. The number of benzene rings is 2. The fourth-order valence-corrected chi connectivity index (χ4v) is 3.98. The van der Waals surface area contributed by atoms with E-state index >= 15 is 0 Å². The molecule has 2 aromatic rings. The second kappa shape index (κ2) is 6.13. The van der Waals surface area contributed by atoms with Gasteiger partial charge in [0, 0.05) is 6.54 Å². The van der Waals surface area contributed by atoms with Gasteiger partial charge in [0.2, 0.25) is 0 Å². The van der Waals surface area contributed by atoms with E-state index in [1.165, 1.54) is 23.1 Å². The van der Waals surface area contributed by atoms with Crippen molar-refractivity contribution in [3.8, 4) is 5.75 Å². The Kier molecular flexibility index (Phi) is 4.21. The Bertz CT molecular complexity index is 650. The molecular weight excluding hydrogens is 270 g/mol. The number of aryl methyl sites for hydroxylation is 1. The summed E-state index contributed by atoms with van der Waals surface area (Å²) >= 11 is 0. The zero-order valence-corrected chi connectivity index (χ0v) is 13.5. The highest BCUT2D eigenvalue weighted by molar-refractivity contribution is 5.33. The van der Waals surface area contributed by atoms with E-state index in [-0.39, 0.29) is 5.41 Å². The molecule has 3 rings (SSSR count). The van der Waals surface area contributed by atoms with E-state index in [0.717, 1.165) is 25.8 Å². The van der Waals surface area contributed by atoms with Crippen molar-refractivity contribution in [2.75, 3.05) is 20.6 Å². The summed E-state index contributed by atoms with van der Waals surface area (Å²) in [6.07, 6.45) is 4.51. The van der Waals surface area contributed by atoms with Crippen LogP contribution in [0.5, 0.6) is 5.75 Å². The van der Waals surface area contributed by atoms with E-state index in [4.69, 9.17) is 0 Å². The van der Waals surface area contributed by atoms with Crippen LogP contribution in [0, 0.1) is 5.41 Å². The number of nitrogens with zero attached hydrogens (tertiary/aromatic N) is 1. The van der Waals surface area contributed by atoms with Crippen LogP contribution in [0.1, 0.15) is 23.1 Å². The summed E-state index contributed by atoms with van der Waals surface area (Å²) in [6.45, 7) is 1.08. The summed E-state index contributed by atoms with van der Waals surface area (Å²) in [6, 6.07) is 16.6. The van der Waals surface area contributed by atoms with Crippen LogP contribution < -0.4 is 0 Å². The van der Waals surface area contributed by atoms with Crippen LogP contribution in [-0.4, -0.2) is 30.6 Å². The molecule has 0 amide bonds. The molecule has 0 bridgehead atoms. The second-order valence-electron chi connectivity index (χ2n) is 7.03. The molecule has 1 N–H and O–H groups in total. The first-order valence-electron chi connectivity index (χ1n) is 8.06. The van der Waals surface area contributed by atoms with Crippen molar-refractivity contribution < 1.29 is 5.11 Å². The fourth-order valence-electron chi connectivity index (χ4n) is 3.98. The normalized spacial score (nSPS) is 20.9. The van der Waals surface area contributed by atoms with Crippen LogP contribution in [0.3, 0.4) is 0 Å². The second-order valence-corrected chi connectivity index (χ2v) is 7.03. The van der Waals surface area contributed by atoms with Crippen molar-refractivity contribution >= 4 is 0 Å². The van der Waals surface area contributed by atoms with Crippen molar-refractivity contribution in [3.63, 3.8) is 0 Å². The summed E-state index contributed by atoms with van der Waals surface area (Å²) in [5.74, 6) is 0.369. The Balaban J connectivity index is 1.90. The molecule has 0 saturated carbocycles. The number of aromatic hydroxyl groups is 1. The Morgan fingerprint density at radius 3 is 2.55 bits per heavy atom. The van der Waals surface area contributed by atoms with Gasteiger partial charge in [-0.15, -0.1) is 0 Å². The topological polar surface area (TPSA) is 23.5 Å². The lowest BCUT2D eigenvalue weighted by Gasteiger charge is -2.40. The third-order valence-corrected chi connectivity index (χ3v) is 4.75. The Morgan fingerprint density at radius 2 is 1.82 bits per heavy atom. The zero-order chi connectivity index (χ0) is 15.6. The predicted octanol–water partition coefficient (Wildman–Crippen LogP) is 3.67. The van der Waals surface area contributed by atoms with Crippen LogP contribution in [0.4, 0.5) is 0 Å². The maximum absolute atomic E-state index is 9.76. The molecule has 0 fully saturated rings. The van der Waals surface area contributed by atoms with Gasteiger partial charge in [-0.3, -0.25) is 0 Å². The van der Waals surface area contributed by atoms with Crippen molar-refractivity contribution in [2.24, 2.45) is 5.41 Å². The number of hydrogen-bond acceptors (Lipinski definition) is 2. The Labute approximate surface area is 133 Å². The molecule has 0 spiro atoms. The quantitative estimate of drug-likeness (QED) is 0.930. The van der Waals surface area contributed by atoms with Gasteiger partial charge in [-0.2, -0.15) is 0 Å². The number of phenolic OH excluding ortho intramolecular Hbond substituents is 1. The third kappa shape index (κ3) is 3.33. The van der Waals surface area contributed by atoms with Gasteiger partial charge in [-0.25, -0.2) is 0 Å². The molecule has 0 heterocycles. The molecule has 1 unspecified atom stereocenters. The summed E-state index contributed by atoms with van der Waals surface area (Å²) < 4.78 is 0. The van der Waals surface area contributed by atoms with E-state index in [1.54, 1.807) is 6.07 Å². The first kappa shape index (κ1) is 15.1. The molecule has 2 aromatic carbocycles. The third-order valence-electron chi connectivity index (χ3n) is 4.75. The summed E-state index contributed by atoms with van der Waals surface area (Å²) in [5, 5.41) is 9.76. The van der Waals surface area contributed by atoms with Gasteiger partial charge in [0.25, 0.3) is 0 Å². The van der Waals surface area contributed by atoms with E-state index in [9.17, 15) is 5.11 Å². The molecule has 22 heavy (non-hydrogen) atoms. The lowest BCUT2D eigenvalue weighted by molar-refractivity contribution is 0.169. The van der Waals surface area contributed by atoms with Gasteiger partial charge in [0.05, 0.1) is 0 Å². The summed E-state index contributed by atoms with van der Waals surface area (Å²) in [5.41, 5.74) is 4.50. The molecule has 1 aliphatic rings.